The summed E-state index contributed by atoms with van der Waals surface area (Å²) in [7, 11) is 0. The van der Waals surface area contributed by atoms with Crippen LogP contribution in [-0.4, -0.2) is 18.3 Å². The Hall–Kier alpha value is -0.380. The van der Waals surface area contributed by atoms with Crippen LogP contribution in [0.5, 0.6) is 0 Å². The molecule has 1 aliphatic rings. The van der Waals surface area contributed by atoms with Gasteiger partial charge in [0, 0.05) is 29.6 Å². The maximum atomic E-state index is 9.64. The lowest BCUT2D eigenvalue weighted by molar-refractivity contribution is 0.0810. The molecule has 0 radical (unpaired) electrons. The molecule has 1 saturated carbocycles. The molecule has 3 heteroatoms. The highest BCUT2D eigenvalue weighted by Gasteiger charge is 2.30. The molecule has 2 rings (SSSR count). The Labute approximate surface area is 118 Å². The zero-order valence-electron chi connectivity index (χ0n) is 10.8. The van der Waals surface area contributed by atoms with Crippen molar-refractivity contribution in [1.82, 2.24) is 5.32 Å². The topological polar surface area (TPSA) is 32.3 Å². The first-order valence-electron chi connectivity index (χ1n) is 6.81. The molecule has 0 atom stereocenters. The Morgan fingerprint density at radius 2 is 1.89 bits per heavy atom. The fourth-order valence-corrected chi connectivity index (χ4v) is 3.22. The molecule has 1 aromatic rings. The third-order valence-corrected chi connectivity index (χ3v) is 4.80. The molecule has 1 fully saturated rings. The molecule has 0 aliphatic heterocycles. The van der Waals surface area contributed by atoms with E-state index in [4.69, 9.17) is 0 Å². The van der Waals surface area contributed by atoms with Gasteiger partial charge in [0.05, 0.1) is 0 Å². The van der Waals surface area contributed by atoms with Crippen LogP contribution in [0, 0.1) is 5.41 Å². The summed E-state index contributed by atoms with van der Waals surface area (Å²) in [5.41, 5.74) is 1.40. The van der Waals surface area contributed by atoms with Gasteiger partial charge in [-0.3, -0.25) is 0 Å². The van der Waals surface area contributed by atoms with Crippen molar-refractivity contribution in [2.75, 3.05) is 13.2 Å². The van der Waals surface area contributed by atoms with E-state index in [9.17, 15) is 5.11 Å². The first-order chi connectivity index (χ1) is 8.76. The molecule has 18 heavy (non-hydrogen) atoms. The second-order valence-electron chi connectivity index (χ2n) is 5.41. The molecular formula is C15H22BrNO. The number of hydrogen-bond acceptors (Lipinski definition) is 2. The number of nitrogens with one attached hydrogen (secondary N) is 1. The SMILES string of the molecule is OCC1(CNCc2ccccc2Br)CCCCC1. The van der Waals surface area contributed by atoms with E-state index in [-0.39, 0.29) is 5.41 Å². The van der Waals surface area contributed by atoms with E-state index >= 15 is 0 Å². The summed E-state index contributed by atoms with van der Waals surface area (Å²) < 4.78 is 1.15. The second-order valence-corrected chi connectivity index (χ2v) is 6.27. The average Bonchev–Trinajstić information content (AvgIpc) is 2.42. The van der Waals surface area contributed by atoms with Crippen LogP contribution in [0.4, 0.5) is 0 Å². The lowest BCUT2D eigenvalue weighted by Gasteiger charge is -2.35. The van der Waals surface area contributed by atoms with Gasteiger partial charge < -0.3 is 10.4 Å². The minimum atomic E-state index is 0.125. The third kappa shape index (κ3) is 3.56. The van der Waals surface area contributed by atoms with Crippen molar-refractivity contribution in [1.29, 1.82) is 0 Å². The van der Waals surface area contributed by atoms with Gasteiger partial charge in [0.15, 0.2) is 0 Å². The number of benzene rings is 1. The van der Waals surface area contributed by atoms with E-state index in [2.05, 4.69) is 39.4 Å². The Morgan fingerprint density at radius 1 is 1.17 bits per heavy atom. The first-order valence-corrected chi connectivity index (χ1v) is 7.60. The quantitative estimate of drug-likeness (QED) is 0.872. The number of aliphatic hydroxyl groups excluding tert-OH is 1. The van der Waals surface area contributed by atoms with Gasteiger partial charge in [0.2, 0.25) is 0 Å². The molecular weight excluding hydrogens is 290 g/mol. The lowest BCUT2D eigenvalue weighted by Crippen LogP contribution is -2.38. The summed E-state index contributed by atoms with van der Waals surface area (Å²) in [4.78, 5) is 0. The Bertz CT molecular complexity index is 375. The number of hydrogen-bond donors (Lipinski definition) is 2. The predicted octanol–water partition coefficient (Wildman–Crippen LogP) is 3.48. The molecule has 0 spiro atoms. The van der Waals surface area contributed by atoms with Crippen LogP contribution in [-0.2, 0) is 6.54 Å². The van der Waals surface area contributed by atoms with Gasteiger partial charge in [0.25, 0.3) is 0 Å². The first kappa shape index (κ1) is 14.0. The van der Waals surface area contributed by atoms with Crippen LogP contribution in [0.2, 0.25) is 0 Å². The molecule has 0 bridgehead atoms. The molecule has 0 aromatic heterocycles. The van der Waals surface area contributed by atoms with E-state index in [1.54, 1.807) is 0 Å². The molecule has 0 unspecified atom stereocenters. The zero-order valence-corrected chi connectivity index (χ0v) is 12.4. The standard InChI is InChI=1S/C15H22BrNO/c16-14-7-3-2-6-13(14)10-17-11-15(12-18)8-4-1-5-9-15/h2-3,6-7,17-18H,1,4-5,8-12H2. The average molecular weight is 312 g/mol. The number of rotatable bonds is 5. The van der Waals surface area contributed by atoms with Gasteiger partial charge in [-0.1, -0.05) is 53.4 Å². The van der Waals surface area contributed by atoms with Crippen molar-refractivity contribution in [3.8, 4) is 0 Å². The van der Waals surface area contributed by atoms with Crippen molar-refractivity contribution in [2.45, 2.75) is 38.6 Å². The summed E-state index contributed by atoms with van der Waals surface area (Å²) in [6.07, 6.45) is 6.17. The van der Waals surface area contributed by atoms with Crippen LogP contribution in [0.25, 0.3) is 0 Å². The molecule has 1 aliphatic carbocycles. The Morgan fingerprint density at radius 3 is 2.56 bits per heavy atom. The monoisotopic (exact) mass is 311 g/mol. The molecule has 1 aromatic carbocycles. The molecule has 0 heterocycles. The summed E-state index contributed by atoms with van der Waals surface area (Å²) in [6.45, 7) is 2.10. The third-order valence-electron chi connectivity index (χ3n) is 4.02. The van der Waals surface area contributed by atoms with Crippen molar-refractivity contribution in [3.05, 3.63) is 34.3 Å². The number of aliphatic hydroxyl groups is 1. The van der Waals surface area contributed by atoms with E-state index in [1.807, 2.05) is 6.07 Å². The van der Waals surface area contributed by atoms with Crippen molar-refractivity contribution < 1.29 is 5.11 Å². The second kappa shape index (κ2) is 6.69. The fraction of sp³-hybridized carbons (Fsp3) is 0.600. The summed E-state index contributed by atoms with van der Waals surface area (Å²) in [5.74, 6) is 0. The van der Waals surface area contributed by atoms with Crippen LogP contribution in [0.1, 0.15) is 37.7 Å². The lowest BCUT2D eigenvalue weighted by atomic mass is 9.74. The zero-order chi connectivity index (χ0) is 12.8. The normalized spacial score (nSPS) is 18.8. The van der Waals surface area contributed by atoms with E-state index in [0.29, 0.717) is 6.61 Å². The maximum Gasteiger partial charge on any atom is 0.0499 e. The molecule has 2 N–H and O–H groups in total. The molecule has 2 nitrogen and oxygen atoms in total. The predicted molar refractivity (Wildman–Crippen MR) is 78.5 cm³/mol. The van der Waals surface area contributed by atoms with E-state index in [1.165, 1.54) is 24.8 Å². The van der Waals surface area contributed by atoms with Gasteiger partial charge in [-0.2, -0.15) is 0 Å². The summed E-state index contributed by atoms with van der Waals surface area (Å²) in [6, 6.07) is 8.29. The Balaban J connectivity index is 1.85. The molecule has 0 saturated heterocycles. The van der Waals surface area contributed by atoms with Gasteiger partial charge in [-0.15, -0.1) is 0 Å². The smallest absolute Gasteiger partial charge is 0.0499 e. The van der Waals surface area contributed by atoms with E-state index < -0.39 is 0 Å². The van der Waals surface area contributed by atoms with Crippen LogP contribution >= 0.6 is 15.9 Å². The summed E-state index contributed by atoms with van der Waals surface area (Å²) in [5, 5.41) is 13.2. The van der Waals surface area contributed by atoms with Crippen molar-refractivity contribution in [3.63, 3.8) is 0 Å². The van der Waals surface area contributed by atoms with Crippen LogP contribution in [0.15, 0.2) is 28.7 Å². The molecule has 0 amide bonds. The highest BCUT2D eigenvalue weighted by Crippen LogP contribution is 2.35. The molecule has 100 valence electrons. The van der Waals surface area contributed by atoms with Crippen molar-refractivity contribution in [2.24, 2.45) is 5.41 Å². The highest BCUT2D eigenvalue weighted by molar-refractivity contribution is 9.10. The van der Waals surface area contributed by atoms with Gasteiger partial charge in [0.1, 0.15) is 0 Å². The van der Waals surface area contributed by atoms with Crippen molar-refractivity contribution >= 4 is 15.9 Å². The Kier molecular flexibility index (Phi) is 5.22. The van der Waals surface area contributed by atoms with Gasteiger partial charge in [-0.25, -0.2) is 0 Å². The summed E-state index contributed by atoms with van der Waals surface area (Å²) >= 11 is 3.56. The maximum absolute atomic E-state index is 9.64. The van der Waals surface area contributed by atoms with E-state index in [0.717, 1.165) is 30.4 Å². The minimum Gasteiger partial charge on any atom is -0.396 e. The van der Waals surface area contributed by atoms with Gasteiger partial charge >= 0.3 is 0 Å². The largest absolute Gasteiger partial charge is 0.396 e. The highest BCUT2D eigenvalue weighted by atomic mass is 79.9. The van der Waals surface area contributed by atoms with Crippen LogP contribution < -0.4 is 5.32 Å². The van der Waals surface area contributed by atoms with Crippen LogP contribution in [0.3, 0.4) is 0 Å². The van der Waals surface area contributed by atoms with Gasteiger partial charge in [-0.05, 0) is 24.5 Å². The fourth-order valence-electron chi connectivity index (χ4n) is 2.80. The minimum absolute atomic E-state index is 0.125. The number of halogens is 1.